The van der Waals surface area contributed by atoms with Gasteiger partial charge in [-0.25, -0.2) is 8.78 Å². The molecule has 1 nitrogen and oxygen atoms in total. The zero-order valence-electron chi connectivity index (χ0n) is 12.3. The molecule has 0 aromatic heterocycles. The van der Waals surface area contributed by atoms with Gasteiger partial charge >= 0.3 is 0 Å². The fourth-order valence-electron chi connectivity index (χ4n) is 3.29. The number of halogens is 2. The first kappa shape index (κ1) is 15.4. The van der Waals surface area contributed by atoms with Gasteiger partial charge in [-0.3, -0.25) is 0 Å². The zero-order valence-corrected chi connectivity index (χ0v) is 12.3. The van der Waals surface area contributed by atoms with E-state index in [4.69, 9.17) is 0 Å². The highest BCUT2D eigenvalue weighted by Crippen LogP contribution is 2.35. The first-order chi connectivity index (χ1) is 9.49. The van der Waals surface area contributed by atoms with Gasteiger partial charge in [-0.05, 0) is 55.1 Å². The minimum Gasteiger partial charge on any atom is -0.392 e. The van der Waals surface area contributed by atoms with Crippen LogP contribution in [0.25, 0.3) is 0 Å². The summed E-state index contributed by atoms with van der Waals surface area (Å²) in [7, 11) is 0. The van der Waals surface area contributed by atoms with Crippen molar-refractivity contribution in [2.45, 2.75) is 52.1 Å². The Morgan fingerprint density at radius 1 is 1.10 bits per heavy atom. The fraction of sp³-hybridized carbons (Fsp3) is 0.647. The number of benzene rings is 1. The highest BCUT2D eigenvalue weighted by molar-refractivity contribution is 5.19. The predicted octanol–water partition coefficient (Wildman–Crippen LogP) is 4.33. The average molecular weight is 282 g/mol. The maximum Gasteiger partial charge on any atom is 0.162 e. The van der Waals surface area contributed by atoms with Gasteiger partial charge in [-0.1, -0.05) is 26.0 Å². The Morgan fingerprint density at radius 3 is 2.30 bits per heavy atom. The number of aliphatic hydroxyl groups is 1. The van der Waals surface area contributed by atoms with Crippen LogP contribution in [0.4, 0.5) is 8.78 Å². The zero-order chi connectivity index (χ0) is 14.7. The summed E-state index contributed by atoms with van der Waals surface area (Å²) in [4.78, 5) is 0. The molecule has 112 valence electrons. The van der Waals surface area contributed by atoms with Crippen molar-refractivity contribution in [2.75, 3.05) is 0 Å². The summed E-state index contributed by atoms with van der Waals surface area (Å²) in [5.74, 6) is -0.00795. The second-order valence-electron chi connectivity index (χ2n) is 6.40. The van der Waals surface area contributed by atoms with Crippen molar-refractivity contribution in [1.82, 2.24) is 0 Å². The minimum absolute atomic E-state index is 0.209. The van der Waals surface area contributed by atoms with E-state index in [1.54, 1.807) is 6.07 Å². The first-order valence-electron chi connectivity index (χ1n) is 7.60. The molecule has 1 N–H and O–H groups in total. The molecule has 2 rings (SSSR count). The Hall–Kier alpha value is -0.960. The van der Waals surface area contributed by atoms with E-state index in [0.717, 1.165) is 37.7 Å². The molecule has 20 heavy (non-hydrogen) atoms. The lowest BCUT2D eigenvalue weighted by Gasteiger charge is -2.33. The molecular weight excluding hydrogens is 258 g/mol. The van der Waals surface area contributed by atoms with Crippen LogP contribution < -0.4 is 0 Å². The number of hydrogen-bond donors (Lipinski definition) is 1. The lowest BCUT2D eigenvalue weighted by Crippen LogP contribution is -2.29. The van der Waals surface area contributed by atoms with E-state index in [0.29, 0.717) is 5.92 Å². The van der Waals surface area contributed by atoms with Crippen molar-refractivity contribution in [3.8, 4) is 0 Å². The molecule has 0 spiro atoms. The summed E-state index contributed by atoms with van der Waals surface area (Å²) in [6, 6.07) is 4.16. The van der Waals surface area contributed by atoms with E-state index in [1.165, 1.54) is 6.07 Å². The molecule has 3 heteroatoms. The Morgan fingerprint density at radius 2 is 1.70 bits per heavy atom. The summed E-state index contributed by atoms with van der Waals surface area (Å²) in [5.41, 5.74) is 0.281. The molecule has 1 fully saturated rings. The number of rotatable bonds is 4. The van der Waals surface area contributed by atoms with Gasteiger partial charge < -0.3 is 5.11 Å². The van der Waals surface area contributed by atoms with Gasteiger partial charge in [0.05, 0.1) is 6.10 Å². The standard InChI is InChI=1S/C17H24F2O/c1-11(2)12-6-8-13(9-7-12)16(20)10-14-4-3-5-15(18)17(14)19/h3-5,11-13,16,20H,6-10H2,1-2H3. The third kappa shape index (κ3) is 3.57. The lowest BCUT2D eigenvalue weighted by molar-refractivity contribution is 0.0668. The minimum atomic E-state index is -0.835. The van der Waals surface area contributed by atoms with Gasteiger partial charge in [0.2, 0.25) is 0 Å². The highest BCUT2D eigenvalue weighted by atomic mass is 19.2. The summed E-state index contributed by atoms with van der Waals surface area (Å²) in [5, 5.41) is 10.3. The van der Waals surface area contributed by atoms with Crippen LogP contribution in [0.15, 0.2) is 18.2 Å². The van der Waals surface area contributed by atoms with E-state index >= 15 is 0 Å². The van der Waals surface area contributed by atoms with Gasteiger partial charge in [0.1, 0.15) is 0 Å². The second-order valence-corrected chi connectivity index (χ2v) is 6.40. The summed E-state index contributed by atoms with van der Waals surface area (Å²) in [6.45, 7) is 4.48. The molecule has 1 unspecified atom stereocenters. The van der Waals surface area contributed by atoms with E-state index in [1.807, 2.05) is 0 Å². The van der Waals surface area contributed by atoms with Crippen LogP contribution in [0.2, 0.25) is 0 Å². The van der Waals surface area contributed by atoms with Gasteiger partial charge in [0.15, 0.2) is 11.6 Å². The molecular formula is C17H24F2O. The van der Waals surface area contributed by atoms with Crippen LogP contribution in [-0.2, 0) is 6.42 Å². The maximum absolute atomic E-state index is 13.6. The molecule has 0 radical (unpaired) electrons. The number of hydrogen-bond acceptors (Lipinski definition) is 1. The summed E-state index contributed by atoms with van der Waals surface area (Å²) >= 11 is 0. The van der Waals surface area contributed by atoms with Crippen molar-refractivity contribution in [2.24, 2.45) is 17.8 Å². The van der Waals surface area contributed by atoms with Gasteiger partial charge in [0, 0.05) is 6.42 Å². The third-order valence-electron chi connectivity index (χ3n) is 4.76. The molecule has 1 saturated carbocycles. The van der Waals surface area contributed by atoms with Crippen LogP contribution in [0.5, 0.6) is 0 Å². The molecule has 0 aliphatic heterocycles. The van der Waals surface area contributed by atoms with Crippen LogP contribution >= 0.6 is 0 Å². The first-order valence-corrected chi connectivity index (χ1v) is 7.60. The van der Waals surface area contributed by atoms with Crippen molar-refractivity contribution >= 4 is 0 Å². The molecule has 1 aromatic carbocycles. The van der Waals surface area contributed by atoms with Crippen LogP contribution in [0, 0.1) is 29.4 Å². The highest BCUT2D eigenvalue weighted by Gasteiger charge is 2.28. The Kier molecular flexibility index (Phi) is 5.14. The van der Waals surface area contributed by atoms with Gasteiger partial charge in [0.25, 0.3) is 0 Å². The van der Waals surface area contributed by atoms with Crippen molar-refractivity contribution in [1.29, 1.82) is 0 Å². The summed E-state index contributed by atoms with van der Waals surface area (Å²) in [6.07, 6.45) is 3.87. The van der Waals surface area contributed by atoms with Crippen LogP contribution in [-0.4, -0.2) is 11.2 Å². The molecule has 1 aliphatic carbocycles. The lowest BCUT2D eigenvalue weighted by atomic mass is 9.74. The fourth-order valence-corrected chi connectivity index (χ4v) is 3.29. The molecule has 0 saturated heterocycles. The van der Waals surface area contributed by atoms with E-state index in [2.05, 4.69) is 13.8 Å². The van der Waals surface area contributed by atoms with Crippen molar-refractivity contribution in [3.63, 3.8) is 0 Å². The molecule has 1 aliphatic rings. The predicted molar refractivity (Wildman–Crippen MR) is 76.4 cm³/mol. The largest absolute Gasteiger partial charge is 0.392 e. The second kappa shape index (κ2) is 6.66. The smallest absolute Gasteiger partial charge is 0.162 e. The van der Waals surface area contributed by atoms with Gasteiger partial charge in [-0.2, -0.15) is 0 Å². The quantitative estimate of drug-likeness (QED) is 0.871. The Balaban J connectivity index is 1.93. The van der Waals surface area contributed by atoms with E-state index in [9.17, 15) is 13.9 Å². The Bertz CT molecular complexity index is 437. The van der Waals surface area contributed by atoms with Crippen LogP contribution in [0.3, 0.4) is 0 Å². The average Bonchev–Trinajstić information content (AvgIpc) is 2.44. The Labute approximate surface area is 120 Å². The molecule has 1 aromatic rings. The topological polar surface area (TPSA) is 20.2 Å². The number of aliphatic hydroxyl groups excluding tert-OH is 1. The molecule has 0 bridgehead atoms. The summed E-state index contributed by atoms with van der Waals surface area (Å²) < 4.78 is 26.8. The SMILES string of the molecule is CC(C)C1CCC(C(O)Cc2cccc(F)c2F)CC1. The van der Waals surface area contributed by atoms with Gasteiger partial charge in [-0.15, -0.1) is 0 Å². The maximum atomic E-state index is 13.6. The molecule has 1 atom stereocenters. The monoisotopic (exact) mass is 282 g/mol. The van der Waals surface area contributed by atoms with Crippen LogP contribution in [0.1, 0.15) is 45.1 Å². The normalized spacial score (nSPS) is 24.9. The van der Waals surface area contributed by atoms with E-state index < -0.39 is 17.7 Å². The van der Waals surface area contributed by atoms with E-state index in [-0.39, 0.29) is 17.9 Å². The van der Waals surface area contributed by atoms with Crippen molar-refractivity contribution in [3.05, 3.63) is 35.4 Å². The third-order valence-corrected chi connectivity index (χ3v) is 4.76. The molecule has 0 amide bonds. The van der Waals surface area contributed by atoms with Crippen molar-refractivity contribution < 1.29 is 13.9 Å². The molecule has 0 heterocycles.